The third-order valence-corrected chi connectivity index (χ3v) is 14.5. The van der Waals surface area contributed by atoms with E-state index in [9.17, 15) is 39.6 Å². The molecule has 0 aromatic heterocycles. The lowest BCUT2D eigenvalue weighted by Crippen LogP contribution is -2.40. The SMILES string of the molecule is CCN(CCOC(=O)NC1CCCCC1)c1ccc2c(-c3ccccc3S(=O)(=O)NS(=O)(=O)C(F)(F)F)c3cc/c(=[N+](/CC)CCOC(=O)NC4CCCCC4)cc-3oc2c1. The van der Waals surface area contributed by atoms with E-state index in [0.29, 0.717) is 48.2 Å². The van der Waals surface area contributed by atoms with Crippen LogP contribution >= 0.6 is 0 Å². The van der Waals surface area contributed by atoms with Gasteiger partial charge in [-0.25, -0.2) is 31.0 Å². The maximum absolute atomic E-state index is 13.5. The Balaban J connectivity index is 1.38. The topological polar surface area (TPSA) is 176 Å². The summed E-state index contributed by atoms with van der Waals surface area (Å²) < 4.78 is 112. The van der Waals surface area contributed by atoms with Crippen LogP contribution in [0.2, 0.25) is 0 Å². The van der Waals surface area contributed by atoms with Crippen molar-refractivity contribution in [2.45, 2.75) is 101 Å². The molecular formula is C42H53F3N5O9S2+. The second-order valence-corrected chi connectivity index (χ2v) is 18.8. The summed E-state index contributed by atoms with van der Waals surface area (Å²) in [4.78, 5) is 26.3. The number of anilines is 1. The minimum absolute atomic E-state index is 0.0758. The smallest absolute Gasteiger partial charge is 0.456 e. The molecule has 332 valence electrons. The number of amides is 2. The number of carbonyl (C=O) groups excluding carboxylic acids is 2. The van der Waals surface area contributed by atoms with E-state index in [4.69, 9.17) is 13.9 Å². The zero-order chi connectivity index (χ0) is 43.8. The second kappa shape index (κ2) is 19.9. The summed E-state index contributed by atoms with van der Waals surface area (Å²) in [5, 5.41) is 6.93. The van der Waals surface area contributed by atoms with Gasteiger partial charge in [-0.3, -0.25) is 0 Å². The number of hydrogen-bond acceptors (Lipinski definition) is 10. The molecule has 0 saturated heterocycles. The van der Waals surface area contributed by atoms with Crippen molar-refractivity contribution in [3.8, 4) is 22.5 Å². The molecule has 14 nitrogen and oxygen atoms in total. The Morgan fingerprint density at radius 2 is 1.43 bits per heavy atom. The Morgan fingerprint density at radius 3 is 2.03 bits per heavy atom. The van der Waals surface area contributed by atoms with E-state index in [1.165, 1.54) is 18.2 Å². The quantitative estimate of drug-likeness (QED) is 0.0827. The van der Waals surface area contributed by atoms with Crippen LogP contribution in [0.25, 0.3) is 33.4 Å². The van der Waals surface area contributed by atoms with Gasteiger partial charge in [0.25, 0.3) is 10.0 Å². The molecule has 1 heterocycles. The number of benzene rings is 3. The normalized spacial score (nSPS) is 16.3. The minimum Gasteiger partial charge on any atom is -0.456 e. The Kier molecular flexibility index (Phi) is 14.9. The molecule has 0 atom stereocenters. The van der Waals surface area contributed by atoms with Gasteiger partial charge in [0, 0.05) is 58.5 Å². The molecule has 2 fully saturated rings. The fraction of sp³-hybridized carbons (Fsp3) is 0.500. The maximum Gasteiger partial charge on any atom is 0.512 e. The lowest BCUT2D eigenvalue weighted by Gasteiger charge is -2.25. The summed E-state index contributed by atoms with van der Waals surface area (Å²) in [6, 6.07) is 15.7. The standard InChI is InChI=1S/C42H52F3N5O9S2/c1-3-49(23-25-57-40(51)46-29-13-7-5-8-14-29)31-19-21-33-36(27-31)59-37-28-32(50(4-2)24-26-58-41(52)47-30-15-9-6-10-16-30)20-22-34(37)39(33)35-17-11-12-18-38(35)60(53,54)48-61(55,56)42(43,44)45/h11-12,17-22,27-30,48H,3-10,13-16,23-26H2,1-2H3,(H-,46,47,51,52)/p+1. The monoisotopic (exact) mass is 892 g/mol. The van der Waals surface area contributed by atoms with Crippen molar-refractivity contribution >= 4 is 48.9 Å². The molecule has 19 heteroatoms. The van der Waals surface area contributed by atoms with E-state index < -0.39 is 42.6 Å². The molecule has 2 aromatic carbocycles. The zero-order valence-electron chi connectivity index (χ0n) is 34.3. The summed E-state index contributed by atoms with van der Waals surface area (Å²) in [5.41, 5.74) is -4.37. The Hall–Kier alpha value is -4.88. The average molecular weight is 893 g/mol. The highest BCUT2D eigenvalue weighted by Gasteiger charge is 2.49. The molecule has 0 spiro atoms. The van der Waals surface area contributed by atoms with Gasteiger partial charge < -0.3 is 29.4 Å². The summed E-state index contributed by atoms with van der Waals surface area (Å²) >= 11 is 0. The van der Waals surface area contributed by atoms with Gasteiger partial charge in [0.2, 0.25) is 5.36 Å². The van der Waals surface area contributed by atoms with E-state index in [1.807, 2.05) is 23.3 Å². The number of nitrogens with zero attached hydrogens (tertiary/aromatic N) is 2. The largest absolute Gasteiger partial charge is 0.512 e. The van der Waals surface area contributed by atoms with Crippen molar-refractivity contribution in [3.05, 3.63) is 66.0 Å². The van der Waals surface area contributed by atoms with Crippen LogP contribution in [0.1, 0.15) is 78.1 Å². The first-order chi connectivity index (χ1) is 29.1. The van der Waals surface area contributed by atoms with Gasteiger partial charge in [-0.05, 0) is 63.8 Å². The number of sulfonamides is 2. The van der Waals surface area contributed by atoms with Crippen LogP contribution < -0.4 is 29.6 Å². The zero-order valence-corrected chi connectivity index (χ0v) is 35.9. The van der Waals surface area contributed by atoms with Gasteiger partial charge in [0.1, 0.15) is 24.5 Å². The number of fused-ring (bicyclic) bond motifs is 2. The third kappa shape index (κ3) is 11.3. The fourth-order valence-corrected chi connectivity index (χ4v) is 10.7. The van der Waals surface area contributed by atoms with Crippen LogP contribution in [-0.4, -0.2) is 86.0 Å². The van der Waals surface area contributed by atoms with E-state index in [-0.39, 0.29) is 47.8 Å². The molecule has 3 N–H and O–H groups in total. The first kappa shape index (κ1) is 45.6. The van der Waals surface area contributed by atoms with Gasteiger partial charge in [0.15, 0.2) is 13.2 Å². The van der Waals surface area contributed by atoms with Gasteiger partial charge in [-0.2, -0.15) is 13.2 Å². The highest BCUT2D eigenvalue weighted by molar-refractivity contribution is 8.05. The first-order valence-electron chi connectivity index (χ1n) is 20.7. The van der Waals surface area contributed by atoms with Crippen molar-refractivity contribution in [2.75, 3.05) is 44.3 Å². The van der Waals surface area contributed by atoms with E-state index >= 15 is 0 Å². The lowest BCUT2D eigenvalue weighted by atomic mass is 9.93. The molecule has 0 bridgehead atoms. The van der Waals surface area contributed by atoms with Crippen molar-refractivity contribution in [1.29, 1.82) is 0 Å². The number of ether oxygens (including phenoxy) is 2. The van der Waals surface area contributed by atoms with Crippen LogP contribution in [0, 0.1) is 0 Å². The number of halogens is 3. The molecule has 1 aliphatic heterocycles. The van der Waals surface area contributed by atoms with Crippen LogP contribution in [0.5, 0.6) is 0 Å². The first-order valence-corrected chi connectivity index (χ1v) is 23.7. The molecular weight excluding hydrogens is 840 g/mol. The highest BCUT2D eigenvalue weighted by Crippen LogP contribution is 2.43. The number of rotatable bonds is 15. The van der Waals surface area contributed by atoms with Crippen LogP contribution in [-0.2, 0) is 29.5 Å². The Bertz CT molecular complexity index is 2450. The van der Waals surface area contributed by atoms with Gasteiger partial charge in [-0.15, -0.1) is 0 Å². The lowest BCUT2D eigenvalue weighted by molar-refractivity contribution is -0.0441. The van der Waals surface area contributed by atoms with Crippen molar-refractivity contribution < 1.29 is 53.5 Å². The van der Waals surface area contributed by atoms with Crippen molar-refractivity contribution in [3.63, 3.8) is 0 Å². The van der Waals surface area contributed by atoms with Gasteiger partial charge >= 0.3 is 27.7 Å². The van der Waals surface area contributed by atoms with E-state index in [0.717, 1.165) is 74.4 Å². The average Bonchev–Trinajstić information content (AvgIpc) is 3.22. The fourth-order valence-electron chi connectivity index (χ4n) is 8.04. The summed E-state index contributed by atoms with van der Waals surface area (Å²) in [7, 11) is -11.6. The summed E-state index contributed by atoms with van der Waals surface area (Å²) in [5.74, 6) is 0.278. The molecule has 0 radical (unpaired) electrons. The molecule has 2 saturated carbocycles. The van der Waals surface area contributed by atoms with Crippen LogP contribution in [0.15, 0.2) is 70.0 Å². The number of nitrogens with one attached hydrogen (secondary N) is 3. The number of hydrogen-bond donors (Lipinski definition) is 3. The predicted octanol–water partition coefficient (Wildman–Crippen LogP) is 7.07. The molecule has 0 unspecified atom stereocenters. The minimum atomic E-state index is -6.30. The van der Waals surface area contributed by atoms with Crippen LogP contribution in [0.3, 0.4) is 0 Å². The number of carbonyl (C=O) groups is 2. The van der Waals surface area contributed by atoms with Crippen LogP contribution in [0.4, 0.5) is 28.4 Å². The number of likely N-dealkylation sites (N-methyl/N-ethyl adjacent to an activating group) is 2. The number of alkyl halides is 3. The van der Waals surface area contributed by atoms with Crippen molar-refractivity contribution in [1.82, 2.24) is 19.3 Å². The van der Waals surface area contributed by atoms with Gasteiger partial charge in [-0.1, -0.05) is 60.9 Å². The molecule has 2 amide bonds. The maximum atomic E-state index is 13.5. The van der Waals surface area contributed by atoms with E-state index in [1.54, 1.807) is 36.4 Å². The molecule has 3 aliphatic carbocycles. The Morgan fingerprint density at radius 1 is 0.803 bits per heavy atom. The Labute approximate surface area is 353 Å². The number of alkyl carbamates (subject to hydrolysis) is 2. The van der Waals surface area contributed by atoms with Gasteiger partial charge in [0.05, 0.1) is 17.5 Å². The molecule has 61 heavy (non-hydrogen) atoms. The predicted molar refractivity (Wildman–Crippen MR) is 225 cm³/mol. The molecule has 2 aromatic rings. The third-order valence-electron chi connectivity index (χ3n) is 11.2. The molecule has 6 rings (SSSR count). The van der Waals surface area contributed by atoms with Crippen molar-refractivity contribution in [2.24, 2.45) is 0 Å². The molecule has 4 aliphatic rings. The summed E-state index contributed by atoms with van der Waals surface area (Å²) in [6.45, 7) is 5.71. The second-order valence-electron chi connectivity index (χ2n) is 15.3. The highest BCUT2D eigenvalue weighted by atomic mass is 32.3. The summed E-state index contributed by atoms with van der Waals surface area (Å²) in [6.07, 6.45) is 9.24. The van der Waals surface area contributed by atoms with E-state index in [2.05, 4.69) is 10.6 Å².